The molecule has 0 aromatic heterocycles. The molecule has 1 N–H and O–H groups in total. The summed E-state index contributed by atoms with van der Waals surface area (Å²) in [4.78, 5) is 2.36. The molecule has 1 saturated heterocycles. The number of ether oxygens (including phenoxy) is 1. The summed E-state index contributed by atoms with van der Waals surface area (Å²) in [6.45, 7) is 7.00. The van der Waals surface area contributed by atoms with Crippen molar-refractivity contribution in [1.82, 2.24) is 10.2 Å². The first-order valence-corrected chi connectivity index (χ1v) is 7.81. The summed E-state index contributed by atoms with van der Waals surface area (Å²) in [7, 11) is 2.17. The lowest BCUT2D eigenvalue weighted by Crippen LogP contribution is -2.40. The Morgan fingerprint density at radius 1 is 1.30 bits per heavy atom. The molecule has 1 aromatic carbocycles. The molecule has 112 valence electrons. The molecule has 3 nitrogen and oxygen atoms in total. The monoisotopic (exact) mass is 296 g/mol. The third-order valence-electron chi connectivity index (χ3n) is 3.77. The maximum absolute atomic E-state index is 5.91. The molecule has 0 bridgehead atoms. The van der Waals surface area contributed by atoms with Gasteiger partial charge in [-0.1, -0.05) is 30.7 Å². The average molecular weight is 297 g/mol. The summed E-state index contributed by atoms with van der Waals surface area (Å²) in [6, 6.07) is 8.60. The van der Waals surface area contributed by atoms with Gasteiger partial charge < -0.3 is 15.0 Å². The zero-order valence-corrected chi connectivity index (χ0v) is 13.2. The van der Waals surface area contributed by atoms with E-state index in [0.29, 0.717) is 12.0 Å². The summed E-state index contributed by atoms with van der Waals surface area (Å²) < 4.78 is 5.63. The van der Waals surface area contributed by atoms with E-state index in [1.165, 1.54) is 12.0 Å². The van der Waals surface area contributed by atoms with Crippen molar-refractivity contribution >= 4 is 11.6 Å². The molecule has 1 fully saturated rings. The van der Waals surface area contributed by atoms with Crippen molar-refractivity contribution in [2.24, 2.45) is 5.92 Å². The molecule has 4 heteroatoms. The second kappa shape index (κ2) is 7.99. The molecule has 0 spiro atoms. The van der Waals surface area contributed by atoms with Crippen LogP contribution >= 0.6 is 11.6 Å². The van der Waals surface area contributed by atoms with Gasteiger partial charge in [-0.15, -0.1) is 0 Å². The molecule has 2 rings (SSSR count). The van der Waals surface area contributed by atoms with Gasteiger partial charge in [0.15, 0.2) is 0 Å². The maximum atomic E-state index is 5.91. The molecular formula is C16H25ClN2O. The highest BCUT2D eigenvalue weighted by atomic mass is 35.5. The molecule has 20 heavy (non-hydrogen) atoms. The number of nitrogens with zero attached hydrogens (tertiary/aromatic N) is 1. The minimum atomic E-state index is 0.502. The first-order valence-electron chi connectivity index (χ1n) is 7.43. The average Bonchev–Trinajstić information content (AvgIpc) is 2.86. The first-order chi connectivity index (χ1) is 9.69. The fourth-order valence-electron chi connectivity index (χ4n) is 2.70. The SMILES string of the molecule is CCCNC1COCC1CN(C)Cc1ccc(Cl)cc1. The Balaban J connectivity index is 1.81. The van der Waals surface area contributed by atoms with Crippen molar-refractivity contribution in [2.45, 2.75) is 25.9 Å². The van der Waals surface area contributed by atoms with Gasteiger partial charge in [-0.2, -0.15) is 0 Å². The molecule has 1 aliphatic heterocycles. The minimum absolute atomic E-state index is 0.502. The van der Waals surface area contributed by atoms with E-state index in [9.17, 15) is 0 Å². The molecule has 1 aromatic rings. The van der Waals surface area contributed by atoms with Gasteiger partial charge in [-0.3, -0.25) is 0 Å². The number of hydrogen-bond acceptors (Lipinski definition) is 3. The van der Waals surface area contributed by atoms with E-state index in [4.69, 9.17) is 16.3 Å². The Morgan fingerprint density at radius 2 is 2.05 bits per heavy atom. The van der Waals surface area contributed by atoms with Gasteiger partial charge >= 0.3 is 0 Å². The van der Waals surface area contributed by atoms with Crippen molar-refractivity contribution in [3.05, 3.63) is 34.9 Å². The topological polar surface area (TPSA) is 24.5 Å². The van der Waals surface area contributed by atoms with Crippen LogP contribution in [-0.2, 0) is 11.3 Å². The van der Waals surface area contributed by atoms with Crippen LogP contribution < -0.4 is 5.32 Å². The number of hydrogen-bond donors (Lipinski definition) is 1. The molecular weight excluding hydrogens is 272 g/mol. The van der Waals surface area contributed by atoms with Crippen molar-refractivity contribution in [1.29, 1.82) is 0 Å². The van der Waals surface area contributed by atoms with E-state index < -0.39 is 0 Å². The molecule has 1 heterocycles. The smallest absolute Gasteiger partial charge is 0.0623 e. The highest BCUT2D eigenvalue weighted by molar-refractivity contribution is 6.30. The highest BCUT2D eigenvalue weighted by Crippen LogP contribution is 2.17. The normalized spacial score (nSPS) is 22.6. The Kier molecular flexibility index (Phi) is 6.30. The van der Waals surface area contributed by atoms with Crippen LogP contribution in [0.4, 0.5) is 0 Å². The Hall–Kier alpha value is -0.610. The predicted molar refractivity (Wildman–Crippen MR) is 84.2 cm³/mol. The second-order valence-corrected chi connectivity index (χ2v) is 6.12. The second-order valence-electron chi connectivity index (χ2n) is 5.68. The lowest BCUT2D eigenvalue weighted by atomic mass is 10.0. The number of halogens is 1. The van der Waals surface area contributed by atoms with Crippen molar-refractivity contribution in [2.75, 3.05) is 33.4 Å². The van der Waals surface area contributed by atoms with Gasteiger partial charge in [0, 0.05) is 30.1 Å². The Morgan fingerprint density at radius 3 is 2.75 bits per heavy atom. The van der Waals surface area contributed by atoms with Gasteiger partial charge in [0.2, 0.25) is 0 Å². The Bertz CT molecular complexity index is 396. The van der Waals surface area contributed by atoms with Crippen LogP contribution in [0, 0.1) is 5.92 Å². The largest absolute Gasteiger partial charge is 0.379 e. The van der Waals surface area contributed by atoms with Gasteiger partial charge in [-0.25, -0.2) is 0 Å². The van der Waals surface area contributed by atoms with E-state index in [2.05, 4.69) is 36.3 Å². The number of benzene rings is 1. The standard InChI is InChI=1S/C16H25ClN2O/c1-3-8-18-16-12-20-11-14(16)10-19(2)9-13-4-6-15(17)7-5-13/h4-7,14,16,18H,3,8-12H2,1-2H3. The van der Waals surface area contributed by atoms with Gasteiger partial charge in [0.1, 0.15) is 0 Å². The third kappa shape index (κ3) is 4.74. The summed E-state index contributed by atoms with van der Waals surface area (Å²) in [6.07, 6.45) is 1.17. The highest BCUT2D eigenvalue weighted by Gasteiger charge is 2.28. The van der Waals surface area contributed by atoms with Crippen molar-refractivity contribution in [3.63, 3.8) is 0 Å². The van der Waals surface area contributed by atoms with Crippen LogP contribution in [-0.4, -0.2) is 44.3 Å². The lowest BCUT2D eigenvalue weighted by Gasteiger charge is -2.25. The lowest BCUT2D eigenvalue weighted by molar-refractivity contribution is 0.172. The van der Waals surface area contributed by atoms with Crippen LogP contribution in [0.25, 0.3) is 0 Å². The number of nitrogens with one attached hydrogen (secondary N) is 1. The van der Waals surface area contributed by atoms with Crippen LogP contribution in [0.5, 0.6) is 0 Å². The third-order valence-corrected chi connectivity index (χ3v) is 4.02. The minimum Gasteiger partial charge on any atom is -0.379 e. The quantitative estimate of drug-likeness (QED) is 0.837. The summed E-state index contributed by atoms with van der Waals surface area (Å²) in [5.74, 6) is 0.582. The Labute approximate surface area is 127 Å². The van der Waals surface area contributed by atoms with Crippen LogP contribution in [0.3, 0.4) is 0 Å². The molecule has 0 radical (unpaired) electrons. The van der Waals surface area contributed by atoms with Crippen LogP contribution in [0.1, 0.15) is 18.9 Å². The molecule has 2 atom stereocenters. The van der Waals surface area contributed by atoms with E-state index in [1.54, 1.807) is 0 Å². The molecule has 1 aliphatic rings. The zero-order chi connectivity index (χ0) is 14.4. The zero-order valence-electron chi connectivity index (χ0n) is 12.4. The van der Waals surface area contributed by atoms with Gasteiger partial charge in [0.05, 0.1) is 13.2 Å². The van der Waals surface area contributed by atoms with Crippen molar-refractivity contribution < 1.29 is 4.74 Å². The van der Waals surface area contributed by atoms with Crippen LogP contribution in [0.15, 0.2) is 24.3 Å². The summed E-state index contributed by atoms with van der Waals surface area (Å²) >= 11 is 5.91. The van der Waals surface area contributed by atoms with Crippen LogP contribution in [0.2, 0.25) is 5.02 Å². The number of rotatable bonds is 7. The van der Waals surface area contributed by atoms with E-state index in [1.807, 2.05) is 12.1 Å². The predicted octanol–water partition coefficient (Wildman–Crippen LogP) is 2.79. The summed E-state index contributed by atoms with van der Waals surface area (Å²) in [5.41, 5.74) is 1.30. The molecule has 0 saturated carbocycles. The van der Waals surface area contributed by atoms with E-state index in [0.717, 1.165) is 37.9 Å². The summed E-state index contributed by atoms with van der Waals surface area (Å²) in [5, 5.41) is 4.38. The fraction of sp³-hybridized carbons (Fsp3) is 0.625. The first kappa shape index (κ1) is 15.8. The molecule has 0 aliphatic carbocycles. The molecule has 0 amide bonds. The molecule has 2 unspecified atom stereocenters. The van der Waals surface area contributed by atoms with E-state index >= 15 is 0 Å². The fourth-order valence-corrected chi connectivity index (χ4v) is 2.83. The van der Waals surface area contributed by atoms with Crippen molar-refractivity contribution in [3.8, 4) is 0 Å². The van der Waals surface area contributed by atoms with E-state index in [-0.39, 0.29) is 0 Å². The maximum Gasteiger partial charge on any atom is 0.0623 e. The van der Waals surface area contributed by atoms with Gasteiger partial charge in [0.25, 0.3) is 0 Å². The van der Waals surface area contributed by atoms with Gasteiger partial charge in [-0.05, 0) is 37.7 Å².